The number of rotatable bonds is 6. The molecule has 3 rings (SSSR count). The highest BCUT2D eigenvalue weighted by Gasteiger charge is 2.26. The van der Waals surface area contributed by atoms with E-state index >= 15 is 0 Å². The molecular weight excluding hydrogens is 317 g/mol. The fourth-order valence-electron chi connectivity index (χ4n) is 3.61. The van der Waals surface area contributed by atoms with E-state index in [1.165, 1.54) is 32.4 Å². The number of nitrogens with zero attached hydrogens (tertiary/aromatic N) is 1. The van der Waals surface area contributed by atoms with E-state index in [4.69, 9.17) is 4.74 Å². The van der Waals surface area contributed by atoms with Crippen LogP contribution >= 0.6 is 0 Å². The fourth-order valence-corrected chi connectivity index (χ4v) is 3.61. The molecule has 1 aliphatic rings. The summed E-state index contributed by atoms with van der Waals surface area (Å²) in [5, 5.41) is 11.0. The van der Waals surface area contributed by atoms with Crippen LogP contribution < -0.4 is 4.74 Å². The molecule has 3 nitrogen and oxygen atoms in total. The molecule has 0 bridgehead atoms. The number of piperidine rings is 1. The van der Waals surface area contributed by atoms with Crippen LogP contribution in [0.25, 0.3) is 0 Å². The molecule has 1 saturated heterocycles. The maximum Gasteiger partial charge on any atom is 0.165 e. The Balaban J connectivity index is 1.86. The lowest BCUT2D eigenvalue weighted by Crippen LogP contribution is -2.35. The number of aliphatic hydroxyl groups excluding tert-OH is 1. The quantitative estimate of drug-likeness (QED) is 0.856. The molecule has 0 spiro atoms. The zero-order valence-corrected chi connectivity index (χ0v) is 14.7. The Kier molecular flexibility index (Phi) is 6.05. The van der Waals surface area contributed by atoms with Crippen molar-refractivity contribution in [1.29, 1.82) is 0 Å². The minimum atomic E-state index is -0.760. The van der Waals surface area contributed by atoms with Gasteiger partial charge in [0.2, 0.25) is 0 Å². The van der Waals surface area contributed by atoms with E-state index in [9.17, 15) is 9.50 Å². The van der Waals surface area contributed by atoms with Crippen molar-refractivity contribution in [2.75, 3.05) is 26.7 Å². The van der Waals surface area contributed by atoms with Gasteiger partial charge in [-0.15, -0.1) is 0 Å². The number of methoxy groups -OCH3 is 1. The van der Waals surface area contributed by atoms with Crippen LogP contribution in [-0.4, -0.2) is 36.8 Å². The summed E-state index contributed by atoms with van der Waals surface area (Å²) in [6, 6.07) is 14.7. The zero-order chi connectivity index (χ0) is 17.6. The van der Waals surface area contributed by atoms with Crippen molar-refractivity contribution in [3.8, 4) is 5.75 Å². The first-order chi connectivity index (χ1) is 12.2. The lowest BCUT2D eigenvalue weighted by molar-refractivity contribution is 0.109. The highest BCUT2D eigenvalue weighted by molar-refractivity contribution is 5.33. The first-order valence-corrected chi connectivity index (χ1v) is 8.98. The maximum atomic E-state index is 14.1. The van der Waals surface area contributed by atoms with E-state index in [2.05, 4.69) is 4.90 Å². The van der Waals surface area contributed by atoms with Crippen molar-refractivity contribution in [2.24, 2.45) is 0 Å². The molecule has 0 amide bonds. The van der Waals surface area contributed by atoms with Crippen LogP contribution in [0.1, 0.15) is 42.4 Å². The smallest absolute Gasteiger partial charge is 0.165 e. The van der Waals surface area contributed by atoms with Gasteiger partial charge in [-0.05, 0) is 49.2 Å². The Labute approximate surface area is 149 Å². The third-order valence-electron chi connectivity index (χ3n) is 5.03. The van der Waals surface area contributed by atoms with Gasteiger partial charge in [0.25, 0.3) is 0 Å². The fraction of sp³-hybridized carbons (Fsp3) is 0.429. The molecule has 2 atom stereocenters. The zero-order valence-electron chi connectivity index (χ0n) is 14.7. The van der Waals surface area contributed by atoms with Gasteiger partial charge in [0.1, 0.15) is 0 Å². The molecule has 1 fully saturated rings. The Bertz CT molecular complexity index is 671. The van der Waals surface area contributed by atoms with Crippen molar-refractivity contribution < 1.29 is 14.2 Å². The summed E-state index contributed by atoms with van der Waals surface area (Å²) in [5.41, 5.74) is 1.67. The van der Waals surface area contributed by atoms with Gasteiger partial charge in [0.05, 0.1) is 13.2 Å². The van der Waals surface area contributed by atoms with Crippen molar-refractivity contribution in [3.05, 3.63) is 65.5 Å². The molecule has 0 saturated carbocycles. The molecular formula is C21H26FNO2. The summed E-state index contributed by atoms with van der Waals surface area (Å²) < 4.78 is 19.1. The number of likely N-dealkylation sites (tertiary alicyclic amines) is 1. The summed E-state index contributed by atoms with van der Waals surface area (Å²) in [6.45, 7) is 2.90. The lowest BCUT2D eigenvalue weighted by atomic mass is 9.88. The number of hydrogen-bond acceptors (Lipinski definition) is 3. The van der Waals surface area contributed by atoms with Crippen molar-refractivity contribution in [3.63, 3.8) is 0 Å². The van der Waals surface area contributed by atoms with Gasteiger partial charge >= 0.3 is 0 Å². The van der Waals surface area contributed by atoms with Crippen LogP contribution in [0.2, 0.25) is 0 Å². The average molecular weight is 343 g/mol. The lowest BCUT2D eigenvalue weighted by Gasteiger charge is -2.33. The van der Waals surface area contributed by atoms with E-state index < -0.39 is 11.9 Å². The second-order valence-electron chi connectivity index (χ2n) is 6.72. The van der Waals surface area contributed by atoms with Gasteiger partial charge in [-0.1, -0.05) is 42.8 Å². The normalized spacial score (nSPS) is 17.9. The second-order valence-corrected chi connectivity index (χ2v) is 6.72. The van der Waals surface area contributed by atoms with Gasteiger partial charge < -0.3 is 14.7 Å². The van der Waals surface area contributed by atoms with Crippen LogP contribution in [0.4, 0.5) is 4.39 Å². The number of halogens is 1. The van der Waals surface area contributed by atoms with E-state index in [1.807, 2.05) is 30.3 Å². The van der Waals surface area contributed by atoms with Crippen LogP contribution in [0, 0.1) is 5.82 Å². The molecule has 1 heterocycles. The van der Waals surface area contributed by atoms with E-state index in [1.54, 1.807) is 12.1 Å². The predicted octanol–water partition coefficient (Wildman–Crippen LogP) is 4.14. The van der Waals surface area contributed by atoms with Gasteiger partial charge in [-0.3, -0.25) is 0 Å². The van der Waals surface area contributed by atoms with Crippen molar-refractivity contribution >= 4 is 0 Å². The average Bonchev–Trinajstić information content (AvgIpc) is 2.67. The summed E-state index contributed by atoms with van der Waals surface area (Å²) in [5.74, 6) is -0.334. The Morgan fingerprint density at radius 2 is 1.76 bits per heavy atom. The van der Waals surface area contributed by atoms with Gasteiger partial charge in [0.15, 0.2) is 11.6 Å². The highest BCUT2D eigenvalue weighted by atomic mass is 19.1. The topological polar surface area (TPSA) is 32.7 Å². The molecule has 4 heteroatoms. The summed E-state index contributed by atoms with van der Waals surface area (Å²) >= 11 is 0. The molecule has 134 valence electrons. The molecule has 0 aliphatic carbocycles. The Morgan fingerprint density at radius 1 is 1.04 bits per heavy atom. The van der Waals surface area contributed by atoms with E-state index in [0.717, 1.165) is 25.2 Å². The van der Waals surface area contributed by atoms with Crippen LogP contribution in [0.3, 0.4) is 0 Å². The van der Waals surface area contributed by atoms with Crippen molar-refractivity contribution in [2.45, 2.75) is 31.3 Å². The molecule has 1 N–H and O–H groups in total. The van der Waals surface area contributed by atoms with E-state index in [0.29, 0.717) is 5.56 Å². The van der Waals surface area contributed by atoms with E-state index in [-0.39, 0.29) is 11.7 Å². The molecule has 25 heavy (non-hydrogen) atoms. The third kappa shape index (κ3) is 4.39. The molecule has 2 aromatic carbocycles. The van der Waals surface area contributed by atoms with Gasteiger partial charge in [0, 0.05) is 12.5 Å². The summed E-state index contributed by atoms with van der Waals surface area (Å²) in [4.78, 5) is 2.41. The number of hydrogen-bond donors (Lipinski definition) is 1. The number of ether oxygens (including phenoxy) is 1. The largest absolute Gasteiger partial charge is 0.494 e. The second kappa shape index (κ2) is 8.45. The first-order valence-electron chi connectivity index (χ1n) is 8.98. The molecule has 1 aliphatic heterocycles. The predicted molar refractivity (Wildman–Crippen MR) is 97.4 cm³/mol. The van der Waals surface area contributed by atoms with Crippen LogP contribution in [-0.2, 0) is 0 Å². The number of benzene rings is 2. The van der Waals surface area contributed by atoms with Gasteiger partial charge in [-0.2, -0.15) is 0 Å². The standard InChI is InChI=1S/C21H26FNO2/c1-25-20-11-10-17(14-19(20)22)21(24)18(16-8-4-2-5-9-16)15-23-12-6-3-7-13-23/h2,4-5,8-11,14,18,21,24H,3,6-7,12-13,15H2,1H3/t18-,21-/m1/s1. The minimum Gasteiger partial charge on any atom is -0.494 e. The van der Waals surface area contributed by atoms with Crippen LogP contribution in [0.5, 0.6) is 5.75 Å². The highest BCUT2D eigenvalue weighted by Crippen LogP contribution is 2.34. The SMILES string of the molecule is COc1ccc([C@@H](O)[C@H](CN2CCCCC2)c2ccccc2)cc1F. The Hall–Kier alpha value is -1.91. The Morgan fingerprint density at radius 3 is 2.40 bits per heavy atom. The monoisotopic (exact) mass is 343 g/mol. The molecule has 0 unspecified atom stereocenters. The van der Waals surface area contributed by atoms with Crippen molar-refractivity contribution in [1.82, 2.24) is 4.90 Å². The third-order valence-corrected chi connectivity index (χ3v) is 5.03. The first kappa shape index (κ1) is 17.9. The summed E-state index contributed by atoms with van der Waals surface area (Å²) in [6.07, 6.45) is 2.92. The molecule has 0 aromatic heterocycles. The maximum absolute atomic E-state index is 14.1. The molecule has 2 aromatic rings. The molecule has 0 radical (unpaired) electrons. The minimum absolute atomic E-state index is 0.0907. The van der Waals surface area contributed by atoms with Gasteiger partial charge in [-0.25, -0.2) is 4.39 Å². The summed E-state index contributed by atoms with van der Waals surface area (Å²) in [7, 11) is 1.44. The number of aliphatic hydroxyl groups is 1. The van der Waals surface area contributed by atoms with Crippen LogP contribution in [0.15, 0.2) is 48.5 Å².